The second kappa shape index (κ2) is 6.71. The van der Waals surface area contributed by atoms with Crippen LogP contribution < -0.4 is 4.72 Å². The molecule has 2 fully saturated rings. The fourth-order valence-electron chi connectivity index (χ4n) is 3.53. The fraction of sp³-hybridized carbons (Fsp3) is 0.647. The van der Waals surface area contributed by atoms with Gasteiger partial charge in [0.25, 0.3) is 0 Å². The number of rotatable bonds is 4. The van der Waals surface area contributed by atoms with Crippen LogP contribution in [0.1, 0.15) is 25.8 Å². The number of fused-ring (bicyclic) bond motifs is 1. The van der Waals surface area contributed by atoms with Crippen molar-refractivity contribution in [3.8, 4) is 0 Å². The SMILES string of the molecule is Cc1ccc(F)cc1S(=O)(=O)N[C@H]1C[C@H]2CO[C@H](C(C)C)CN2C1. The van der Waals surface area contributed by atoms with Gasteiger partial charge in [-0.3, -0.25) is 4.90 Å². The molecular formula is C17H25FN2O3S. The highest BCUT2D eigenvalue weighted by atomic mass is 32.2. The van der Waals surface area contributed by atoms with Gasteiger partial charge in [-0.25, -0.2) is 17.5 Å². The minimum absolute atomic E-state index is 0.0173. The molecule has 0 aromatic heterocycles. The number of halogens is 1. The van der Waals surface area contributed by atoms with Crippen molar-refractivity contribution in [2.45, 2.75) is 50.3 Å². The average Bonchev–Trinajstić information content (AvgIpc) is 2.89. The van der Waals surface area contributed by atoms with E-state index in [4.69, 9.17) is 4.74 Å². The summed E-state index contributed by atoms with van der Waals surface area (Å²) in [6, 6.07) is 3.92. The van der Waals surface area contributed by atoms with Gasteiger partial charge in [0.15, 0.2) is 0 Å². The first kappa shape index (κ1) is 17.8. The van der Waals surface area contributed by atoms with Crippen molar-refractivity contribution in [2.75, 3.05) is 19.7 Å². The first-order valence-corrected chi connectivity index (χ1v) is 9.88. The molecule has 0 saturated carbocycles. The highest BCUT2D eigenvalue weighted by Crippen LogP contribution is 2.27. The quantitative estimate of drug-likeness (QED) is 0.895. The predicted molar refractivity (Wildman–Crippen MR) is 89.8 cm³/mol. The van der Waals surface area contributed by atoms with E-state index >= 15 is 0 Å². The van der Waals surface area contributed by atoms with E-state index in [0.717, 1.165) is 19.0 Å². The molecule has 3 rings (SSSR count). The fourth-order valence-corrected chi connectivity index (χ4v) is 5.03. The third kappa shape index (κ3) is 3.64. The van der Waals surface area contributed by atoms with Crippen molar-refractivity contribution in [3.63, 3.8) is 0 Å². The maximum Gasteiger partial charge on any atom is 0.241 e. The molecule has 2 aliphatic heterocycles. The molecule has 5 nitrogen and oxygen atoms in total. The molecule has 134 valence electrons. The number of hydrogen-bond acceptors (Lipinski definition) is 4. The third-order valence-electron chi connectivity index (χ3n) is 4.95. The van der Waals surface area contributed by atoms with Gasteiger partial charge in [0.1, 0.15) is 5.82 Å². The summed E-state index contributed by atoms with van der Waals surface area (Å²) in [4.78, 5) is 2.32. The van der Waals surface area contributed by atoms with E-state index in [-0.39, 0.29) is 23.1 Å². The van der Waals surface area contributed by atoms with E-state index in [1.807, 2.05) is 0 Å². The van der Waals surface area contributed by atoms with Crippen LogP contribution in [0.2, 0.25) is 0 Å². The van der Waals surface area contributed by atoms with Crippen molar-refractivity contribution < 1.29 is 17.5 Å². The van der Waals surface area contributed by atoms with Gasteiger partial charge in [-0.2, -0.15) is 0 Å². The van der Waals surface area contributed by atoms with Gasteiger partial charge in [0.2, 0.25) is 10.0 Å². The zero-order valence-electron chi connectivity index (χ0n) is 14.3. The zero-order chi connectivity index (χ0) is 17.5. The van der Waals surface area contributed by atoms with Crippen LogP contribution >= 0.6 is 0 Å². The first-order chi connectivity index (χ1) is 11.3. The summed E-state index contributed by atoms with van der Waals surface area (Å²) in [6.45, 7) is 8.08. The van der Waals surface area contributed by atoms with Crippen LogP contribution in [-0.2, 0) is 14.8 Å². The lowest BCUT2D eigenvalue weighted by Gasteiger charge is -2.36. The van der Waals surface area contributed by atoms with Gasteiger partial charge in [-0.1, -0.05) is 19.9 Å². The molecule has 1 aromatic carbocycles. The Morgan fingerprint density at radius 1 is 1.33 bits per heavy atom. The molecule has 0 spiro atoms. The van der Waals surface area contributed by atoms with Gasteiger partial charge < -0.3 is 4.74 Å². The summed E-state index contributed by atoms with van der Waals surface area (Å²) in [6.07, 6.45) is 0.917. The number of benzene rings is 1. The number of nitrogens with zero attached hydrogens (tertiary/aromatic N) is 1. The smallest absolute Gasteiger partial charge is 0.241 e. The largest absolute Gasteiger partial charge is 0.375 e. The molecule has 0 bridgehead atoms. The maximum atomic E-state index is 13.4. The van der Waals surface area contributed by atoms with Crippen LogP contribution in [0.25, 0.3) is 0 Å². The summed E-state index contributed by atoms with van der Waals surface area (Å²) in [5.74, 6) is -0.102. The standard InChI is InChI=1S/C17H25FN2O3S/c1-11(2)16-9-20-8-14(7-15(20)10-23-16)19-24(21,22)17-6-13(18)5-4-12(17)3/h4-6,11,14-16,19H,7-10H2,1-3H3/t14-,15-,16-/m0/s1. The highest BCUT2D eigenvalue weighted by Gasteiger charge is 2.39. The molecule has 24 heavy (non-hydrogen) atoms. The molecule has 0 amide bonds. The summed E-state index contributed by atoms with van der Waals surface area (Å²) in [5.41, 5.74) is 0.544. The number of hydrogen-bond donors (Lipinski definition) is 1. The predicted octanol–water partition coefficient (Wildman–Crippen LogP) is 1.91. The van der Waals surface area contributed by atoms with Gasteiger partial charge in [-0.15, -0.1) is 0 Å². The molecule has 2 heterocycles. The van der Waals surface area contributed by atoms with Crippen LogP contribution in [-0.4, -0.2) is 51.2 Å². The van der Waals surface area contributed by atoms with E-state index in [2.05, 4.69) is 23.5 Å². The highest BCUT2D eigenvalue weighted by molar-refractivity contribution is 7.89. The van der Waals surface area contributed by atoms with Crippen molar-refractivity contribution in [2.24, 2.45) is 5.92 Å². The Balaban J connectivity index is 1.70. The maximum absolute atomic E-state index is 13.4. The van der Waals surface area contributed by atoms with E-state index in [1.165, 1.54) is 12.1 Å². The van der Waals surface area contributed by atoms with E-state index in [9.17, 15) is 12.8 Å². The minimum Gasteiger partial charge on any atom is -0.375 e. The Labute approximate surface area is 143 Å². The monoisotopic (exact) mass is 356 g/mol. The van der Waals surface area contributed by atoms with Crippen molar-refractivity contribution in [1.29, 1.82) is 0 Å². The first-order valence-electron chi connectivity index (χ1n) is 8.40. The van der Waals surface area contributed by atoms with E-state index in [1.54, 1.807) is 6.92 Å². The third-order valence-corrected chi connectivity index (χ3v) is 6.61. The Bertz CT molecular complexity index is 708. The average molecular weight is 356 g/mol. The number of morpholine rings is 1. The minimum atomic E-state index is -3.73. The van der Waals surface area contributed by atoms with Crippen LogP contribution in [0.5, 0.6) is 0 Å². The summed E-state index contributed by atoms with van der Waals surface area (Å²) >= 11 is 0. The number of aryl methyl sites for hydroxylation is 1. The van der Waals surface area contributed by atoms with Crippen LogP contribution in [0.4, 0.5) is 4.39 Å². The Kier molecular flexibility index (Phi) is 4.97. The van der Waals surface area contributed by atoms with E-state index in [0.29, 0.717) is 24.6 Å². The Morgan fingerprint density at radius 3 is 2.79 bits per heavy atom. The molecular weight excluding hydrogens is 331 g/mol. The molecule has 3 atom stereocenters. The van der Waals surface area contributed by atoms with Gasteiger partial charge in [-0.05, 0) is 37.0 Å². The molecule has 0 aliphatic carbocycles. The summed E-state index contributed by atoms with van der Waals surface area (Å²) in [7, 11) is -3.73. The van der Waals surface area contributed by atoms with Crippen LogP contribution in [0, 0.1) is 18.7 Å². The van der Waals surface area contributed by atoms with Crippen molar-refractivity contribution in [1.82, 2.24) is 9.62 Å². The lowest BCUT2D eigenvalue weighted by Crippen LogP contribution is -2.48. The lowest BCUT2D eigenvalue weighted by atomic mass is 10.0. The summed E-state index contributed by atoms with van der Waals surface area (Å²) < 4.78 is 47.3. The molecule has 7 heteroatoms. The number of ether oxygens (including phenoxy) is 1. The number of sulfonamides is 1. The molecule has 1 N–H and O–H groups in total. The second-order valence-corrected chi connectivity index (χ2v) is 8.87. The molecule has 0 unspecified atom stereocenters. The van der Waals surface area contributed by atoms with Gasteiger partial charge in [0, 0.05) is 25.2 Å². The van der Waals surface area contributed by atoms with Gasteiger partial charge >= 0.3 is 0 Å². The molecule has 1 aromatic rings. The topological polar surface area (TPSA) is 58.6 Å². The van der Waals surface area contributed by atoms with Gasteiger partial charge in [0.05, 0.1) is 17.6 Å². The number of nitrogens with one attached hydrogen (secondary N) is 1. The second-order valence-electron chi connectivity index (χ2n) is 7.19. The molecule has 2 aliphatic rings. The molecule has 2 saturated heterocycles. The van der Waals surface area contributed by atoms with Crippen molar-refractivity contribution >= 4 is 10.0 Å². The normalized spacial score (nSPS) is 28.3. The van der Waals surface area contributed by atoms with E-state index < -0.39 is 15.8 Å². The van der Waals surface area contributed by atoms with Crippen LogP contribution in [0.3, 0.4) is 0 Å². The Morgan fingerprint density at radius 2 is 2.08 bits per heavy atom. The summed E-state index contributed by atoms with van der Waals surface area (Å²) in [5, 5.41) is 0. The molecule has 0 radical (unpaired) electrons. The van der Waals surface area contributed by atoms with Crippen LogP contribution in [0.15, 0.2) is 23.1 Å². The zero-order valence-corrected chi connectivity index (χ0v) is 15.1. The lowest BCUT2D eigenvalue weighted by molar-refractivity contribution is -0.0683. The van der Waals surface area contributed by atoms with Crippen molar-refractivity contribution in [3.05, 3.63) is 29.6 Å². The Hall–Kier alpha value is -1.02.